The Hall–Kier alpha value is -2.15. The number of aryl methyl sites for hydroxylation is 1. The lowest BCUT2D eigenvalue weighted by atomic mass is 9.96. The molecule has 0 aliphatic heterocycles. The quantitative estimate of drug-likeness (QED) is 0.775. The van der Waals surface area contributed by atoms with E-state index in [1.807, 2.05) is 12.3 Å². The van der Waals surface area contributed by atoms with Crippen molar-refractivity contribution in [1.29, 1.82) is 0 Å². The molecule has 140 valence electrons. The van der Waals surface area contributed by atoms with Crippen molar-refractivity contribution in [3.05, 3.63) is 33.6 Å². The Kier molecular flexibility index (Phi) is 5.76. The predicted octanol–water partition coefficient (Wildman–Crippen LogP) is 3.98. The highest BCUT2D eigenvalue weighted by Gasteiger charge is 2.25. The van der Waals surface area contributed by atoms with Gasteiger partial charge in [0.05, 0.1) is 17.8 Å². The average Bonchev–Trinajstić information content (AvgIpc) is 3.27. The molecule has 0 aromatic carbocycles. The van der Waals surface area contributed by atoms with Crippen molar-refractivity contribution in [3.8, 4) is 0 Å². The van der Waals surface area contributed by atoms with Gasteiger partial charge in [-0.25, -0.2) is 9.48 Å². The first-order valence-corrected chi connectivity index (χ1v) is 10.0. The van der Waals surface area contributed by atoms with Crippen molar-refractivity contribution < 1.29 is 14.3 Å². The average molecular weight is 375 g/mol. The molecule has 1 N–H and O–H groups in total. The number of thiophene rings is 1. The maximum absolute atomic E-state index is 12.5. The summed E-state index contributed by atoms with van der Waals surface area (Å²) in [5, 5.41) is 8.91. The van der Waals surface area contributed by atoms with Gasteiger partial charge in [0.2, 0.25) is 0 Å². The number of ether oxygens (including phenoxy) is 1. The molecule has 0 fully saturated rings. The van der Waals surface area contributed by atoms with E-state index in [-0.39, 0.29) is 11.9 Å². The van der Waals surface area contributed by atoms with Crippen LogP contribution in [0.4, 0.5) is 5.82 Å². The van der Waals surface area contributed by atoms with Crippen LogP contribution in [0.1, 0.15) is 66.9 Å². The van der Waals surface area contributed by atoms with Crippen LogP contribution in [0.25, 0.3) is 0 Å². The van der Waals surface area contributed by atoms with Crippen LogP contribution < -0.4 is 5.32 Å². The fraction of sp³-hybridized carbons (Fsp3) is 0.526. The van der Waals surface area contributed by atoms with E-state index in [9.17, 15) is 9.59 Å². The van der Waals surface area contributed by atoms with E-state index >= 15 is 0 Å². The summed E-state index contributed by atoms with van der Waals surface area (Å²) >= 11 is 1.61. The maximum Gasteiger partial charge on any atom is 0.340 e. The van der Waals surface area contributed by atoms with Gasteiger partial charge in [0.15, 0.2) is 6.10 Å². The van der Waals surface area contributed by atoms with E-state index in [4.69, 9.17) is 4.74 Å². The molecule has 0 saturated carbocycles. The number of aromatic nitrogens is 2. The van der Waals surface area contributed by atoms with E-state index in [1.54, 1.807) is 35.2 Å². The molecule has 0 unspecified atom stereocenters. The van der Waals surface area contributed by atoms with E-state index < -0.39 is 12.1 Å². The van der Waals surface area contributed by atoms with Gasteiger partial charge in [0.1, 0.15) is 5.82 Å². The van der Waals surface area contributed by atoms with Gasteiger partial charge in [-0.3, -0.25) is 4.79 Å². The van der Waals surface area contributed by atoms with Crippen LogP contribution in [0, 0.1) is 0 Å². The van der Waals surface area contributed by atoms with Gasteiger partial charge < -0.3 is 10.1 Å². The van der Waals surface area contributed by atoms with Gasteiger partial charge in [-0.05, 0) is 51.5 Å². The number of hydrogen-bond donors (Lipinski definition) is 1. The number of anilines is 1. The third-order valence-corrected chi connectivity index (χ3v) is 5.95. The minimum atomic E-state index is -0.873. The van der Waals surface area contributed by atoms with Crippen LogP contribution in [0.2, 0.25) is 0 Å². The smallest absolute Gasteiger partial charge is 0.340 e. The third-order valence-electron chi connectivity index (χ3n) is 4.86. The zero-order chi connectivity index (χ0) is 18.7. The summed E-state index contributed by atoms with van der Waals surface area (Å²) < 4.78 is 7.19. The van der Waals surface area contributed by atoms with E-state index in [0.717, 1.165) is 31.2 Å². The minimum absolute atomic E-state index is 0.176. The van der Waals surface area contributed by atoms with E-state index in [0.29, 0.717) is 11.4 Å². The number of fused-ring (bicyclic) bond motifs is 1. The Balaban J connectivity index is 1.64. The Bertz CT molecular complexity index is 796. The molecule has 26 heavy (non-hydrogen) atoms. The number of carbonyl (C=O) groups is 2. The lowest BCUT2D eigenvalue weighted by Gasteiger charge is -2.17. The Labute approximate surface area is 157 Å². The van der Waals surface area contributed by atoms with Gasteiger partial charge in [0, 0.05) is 16.3 Å². The number of nitrogens with one attached hydrogen (secondary N) is 1. The zero-order valence-corrected chi connectivity index (χ0v) is 16.3. The molecule has 7 heteroatoms. The molecule has 2 aromatic heterocycles. The van der Waals surface area contributed by atoms with Crippen molar-refractivity contribution in [2.45, 2.75) is 65.0 Å². The first-order valence-electron chi connectivity index (χ1n) is 9.15. The molecule has 1 aliphatic rings. The molecular weight excluding hydrogens is 350 g/mol. The molecule has 6 nitrogen and oxygen atoms in total. The maximum atomic E-state index is 12.5. The van der Waals surface area contributed by atoms with Crippen LogP contribution in [0.15, 0.2) is 17.6 Å². The number of amides is 1. The molecule has 0 radical (unpaired) electrons. The molecule has 2 atom stereocenters. The summed E-state index contributed by atoms with van der Waals surface area (Å²) in [7, 11) is 0. The summed E-state index contributed by atoms with van der Waals surface area (Å²) in [5.41, 5.74) is 1.72. The molecule has 2 heterocycles. The fourth-order valence-electron chi connectivity index (χ4n) is 3.11. The number of carbonyl (C=O) groups excluding carboxylic acids is 2. The van der Waals surface area contributed by atoms with Crippen LogP contribution >= 0.6 is 11.3 Å². The molecule has 2 aromatic rings. The van der Waals surface area contributed by atoms with Gasteiger partial charge in [-0.1, -0.05) is 6.92 Å². The fourth-order valence-corrected chi connectivity index (χ4v) is 4.22. The number of rotatable bonds is 6. The lowest BCUT2D eigenvalue weighted by molar-refractivity contribution is -0.123. The first-order chi connectivity index (χ1) is 12.5. The Morgan fingerprint density at radius 3 is 2.88 bits per heavy atom. The summed E-state index contributed by atoms with van der Waals surface area (Å²) in [6.07, 6.45) is 5.89. The first kappa shape index (κ1) is 18.6. The van der Waals surface area contributed by atoms with Gasteiger partial charge in [-0.15, -0.1) is 11.3 Å². The summed E-state index contributed by atoms with van der Waals surface area (Å²) in [5.74, 6) is -0.157. The highest BCUT2D eigenvalue weighted by Crippen LogP contribution is 2.30. The molecule has 0 bridgehead atoms. The van der Waals surface area contributed by atoms with Gasteiger partial charge in [0.25, 0.3) is 5.91 Å². The predicted molar refractivity (Wildman–Crippen MR) is 102 cm³/mol. The second-order valence-corrected chi connectivity index (χ2v) is 7.68. The van der Waals surface area contributed by atoms with Crippen LogP contribution in [-0.2, 0) is 22.4 Å². The van der Waals surface area contributed by atoms with Gasteiger partial charge >= 0.3 is 5.97 Å². The number of nitrogens with zero attached hydrogens (tertiary/aromatic N) is 2. The third kappa shape index (κ3) is 3.82. The Morgan fingerprint density at radius 1 is 1.35 bits per heavy atom. The molecule has 1 aliphatic carbocycles. The number of esters is 1. The summed E-state index contributed by atoms with van der Waals surface area (Å²) in [4.78, 5) is 26.2. The second kappa shape index (κ2) is 8.03. The van der Waals surface area contributed by atoms with Crippen LogP contribution in [-0.4, -0.2) is 27.8 Å². The largest absolute Gasteiger partial charge is 0.449 e. The highest BCUT2D eigenvalue weighted by atomic mass is 32.1. The molecule has 0 saturated heterocycles. The SMILES string of the molecule is CC[C@H](C)n1nccc1NC(=O)[C@@H](C)OC(=O)c1csc2c1CCCC2. The summed E-state index contributed by atoms with van der Waals surface area (Å²) in [6.45, 7) is 5.69. The normalized spacial score (nSPS) is 15.8. The monoisotopic (exact) mass is 375 g/mol. The molecule has 3 rings (SSSR count). The van der Waals surface area contributed by atoms with Gasteiger partial charge in [-0.2, -0.15) is 5.10 Å². The minimum Gasteiger partial charge on any atom is -0.449 e. The van der Waals surface area contributed by atoms with Crippen LogP contribution in [0.3, 0.4) is 0 Å². The van der Waals surface area contributed by atoms with Crippen molar-refractivity contribution in [3.63, 3.8) is 0 Å². The topological polar surface area (TPSA) is 73.2 Å². The van der Waals surface area contributed by atoms with E-state index in [2.05, 4.69) is 17.3 Å². The highest BCUT2D eigenvalue weighted by molar-refractivity contribution is 7.10. The van der Waals surface area contributed by atoms with Crippen molar-refractivity contribution in [1.82, 2.24) is 9.78 Å². The molecule has 0 spiro atoms. The summed E-state index contributed by atoms with van der Waals surface area (Å²) in [6, 6.07) is 1.92. The standard InChI is InChI=1S/C19H25N3O3S/c1-4-12(2)22-17(9-10-20-22)21-18(23)13(3)25-19(24)15-11-26-16-8-6-5-7-14(15)16/h9-13H,4-8H2,1-3H3,(H,21,23)/t12-,13+/m0/s1. The van der Waals surface area contributed by atoms with Crippen molar-refractivity contribution >= 4 is 29.0 Å². The number of hydrogen-bond acceptors (Lipinski definition) is 5. The Morgan fingerprint density at radius 2 is 2.12 bits per heavy atom. The van der Waals surface area contributed by atoms with E-state index in [1.165, 1.54) is 11.3 Å². The van der Waals surface area contributed by atoms with Crippen molar-refractivity contribution in [2.75, 3.05) is 5.32 Å². The molecular formula is C19H25N3O3S. The van der Waals surface area contributed by atoms with Crippen molar-refractivity contribution in [2.24, 2.45) is 0 Å². The molecule has 1 amide bonds. The zero-order valence-electron chi connectivity index (χ0n) is 15.4. The van der Waals surface area contributed by atoms with Crippen LogP contribution in [0.5, 0.6) is 0 Å². The second-order valence-electron chi connectivity index (χ2n) is 6.71. The lowest BCUT2D eigenvalue weighted by Crippen LogP contribution is -2.31.